The lowest BCUT2D eigenvalue weighted by atomic mass is 9.98. The second kappa shape index (κ2) is 6.82. The molecule has 2 unspecified atom stereocenters. The number of piperazine rings is 1. The summed E-state index contributed by atoms with van der Waals surface area (Å²) in [6.45, 7) is 11.1. The van der Waals surface area contributed by atoms with Gasteiger partial charge in [0, 0.05) is 25.2 Å². The fraction of sp³-hybridized carbons (Fsp3) is 0.647. The smallest absolute Gasteiger partial charge is 0.0639 e. The fourth-order valence-electron chi connectivity index (χ4n) is 3.09. The van der Waals surface area contributed by atoms with Gasteiger partial charge in [-0.2, -0.15) is 0 Å². The highest BCUT2D eigenvalue weighted by Gasteiger charge is 2.28. The first kappa shape index (κ1) is 15.7. The van der Waals surface area contributed by atoms with Crippen molar-refractivity contribution in [3.05, 3.63) is 28.8 Å². The van der Waals surface area contributed by atoms with Crippen molar-refractivity contribution in [1.82, 2.24) is 5.32 Å². The van der Waals surface area contributed by atoms with Crippen LogP contribution in [0.4, 0.5) is 5.69 Å². The Morgan fingerprint density at radius 2 is 2.15 bits per heavy atom. The van der Waals surface area contributed by atoms with Gasteiger partial charge in [-0.1, -0.05) is 38.4 Å². The summed E-state index contributed by atoms with van der Waals surface area (Å²) in [5.74, 6) is 0.723. The van der Waals surface area contributed by atoms with Gasteiger partial charge in [0.1, 0.15) is 0 Å². The summed E-state index contributed by atoms with van der Waals surface area (Å²) in [5.41, 5.74) is 2.48. The van der Waals surface area contributed by atoms with E-state index in [1.54, 1.807) is 0 Å². The van der Waals surface area contributed by atoms with Crippen molar-refractivity contribution in [3.8, 4) is 0 Å². The minimum absolute atomic E-state index is 0.540. The van der Waals surface area contributed by atoms with Crippen molar-refractivity contribution in [3.63, 3.8) is 0 Å². The zero-order valence-electron chi connectivity index (χ0n) is 13.1. The standard InChI is InChI=1S/C17H27ClN2/c1-5-15-10-19-14(8-12(2)3)11-20(15)17-9-13(4)6-7-16(17)18/h6-7,9,12,14-15,19H,5,8,10-11H2,1-4H3. The molecule has 1 aromatic carbocycles. The topological polar surface area (TPSA) is 15.3 Å². The molecule has 1 heterocycles. The molecule has 1 fully saturated rings. The van der Waals surface area contributed by atoms with Crippen LogP contribution in [-0.2, 0) is 0 Å². The molecule has 112 valence electrons. The molecule has 3 heteroatoms. The zero-order chi connectivity index (χ0) is 14.7. The van der Waals surface area contributed by atoms with Gasteiger partial charge in [-0.05, 0) is 43.4 Å². The summed E-state index contributed by atoms with van der Waals surface area (Å²) in [5, 5.41) is 4.57. The van der Waals surface area contributed by atoms with Crippen LogP contribution in [0.15, 0.2) is 18.2 Å². The molecule has 1 aliphatic heterocycles. The number of rotatable bonds is 4. The van der Waals surface area contributed by atoms with E-state index in [1.807, 2.05) is 6.07 Å². The molecule has 1 N–H and O–H groups in total. The van der Waals surface area contributed by atoms with E-state index >= 15 is 0 Å². The van der Waals surface area contributed by atoms with Gasteiger partial charge in [-0.3, -0.25) is 0 Å². The number of hydrogen-bond acceptors (Lipinski definition) is 2. The largest absolute Gasteiger partial charge is 0.365 e. The monoisotopic (exact) mass is 294 g/mol. The Balaban J connectivity index is 2.22. The number of aryl methyl sites for hydroxylation is 1. The maximum Gasteiger partial charge on any atom is 0.0639 e. The molecule has 1 aromatic rings. The number of halogens is 1. The van der Waals surface area contributed by atoms with Gasteiger partial charge in [0.05, 0.1) is 10.7 Å². The molecule has 1 aliphatic rings. The molecule has 2 nitrogen and oxygen atoms in total. The third-order valence-electron chi connectivity index (χ3n) is 4.14. The van der Waals surface area contributed by atoms with Crippen molar-refractivity contribution < 1.29 is 0 Å². The van der Waals surface area contributed by atoms with E-state index in [0.717, 1.165) is 30.5 Å². The molecule has 0 bridgehead atoms. The van der Waals surface area contributed by atoms with Gasteiger partial charge >= 0.3 is 0 Å². The van der Waals surface area contributed by atoms with Crippen LogP contribution < -0.4 is 10.2 Å². The van der Waals surface area contributed by atoms with E-state index in [0.29, 0.717) is 12.1 Å². The van der Waals surface area contributed by atoms with Gasteiger partial charge < -0.3 is 10.2 Å². The number of anilines is 1. The molecule has 2 rings (SSSR count). The Hall–Kier alpha value is -0.730. The third-order valence-corrected chi connectivity index (χ3v) is 4.46. The normalized spacial score (nSPS) is 23.4. The van der Waals surface area contributed by atoms with E-state index in [-0.39, 0.29) is 0 Å². The predicted octanol–water partition coefficient (Wildman–Crippen LogP) is 4.25. The van der Waals surface area contributed by atoms with Gasteiger partial charge in [-0.15, -0.1) is 0 Å². The zero-order valence-corrected chi connectivity index (χ0v) is 13.9. The van der Waals surface area contributed by atoms with Crippen LogP contribution in [0.5, 0.6) is 0 Å². The summed E-state index contributed by atoms with van der Waals surface area (Å²) in [6, 6.07) is 7.44. The second-order valence-electron chi connectivity index (χ2n) is 6.40. The first-order valence-electron chi connectivity index (χ1n) is 7.77. The summed E-state index contributed by atoms with van der Waals surface area (Å²) in [4.78, 5) is 2.51. The molecule has 0 spiro atoms. The van der Waals surface area contributed by atoms with Crippen LogP contribution in [0.3, 0.4) is 0 Å². The van der Waals surface area contributed by atoms with Gasteiger partial charge in [0.2, 0.25) is 0 Å². The molecule has 0 aliphatic carbocycles. The van der Waals surface area contributed by atoms with E-state index in [1.165, 1.54) is 17.7 Å². The summed E-state index contributed by atoms with van der Waals surface area (Å²) >= 11 is 6.44. The van der Waals surface area contributed by atoms with Crippen molar-refractivity contribution >= 4 is 17.3 Å². The lowest BCUT2D eigenvalue weighted by Crippen LogP contribution is -2.56. The molecule has 20 heavy (non-hydrogen) atoms. The van der Waals surface area contributed by atoms with Crippen LogP contribution in [0.2, 0.25) is 5.02 Å². The molecule has 0 saturated carbocycles. The molecular formula is C17H27ClN2. The van der Waals surface area contributed by atoms with Crippen molar-refractivity contribution in [2.24, 2.45) is 5.92 Å². The Morgan fingerprint density at radius 1 is 1.40 bits per heavy atom. The summed E-state index contributed by atoms with van der Waals surface area (Å²) < 4.78 is 0. The van der Waals surface area contributed by atoms with E-state index in [9.17, 15) is 0 Å². The minimum atomic E-state index is 0.540. The maximum atomic E-state index is 6.44. The summed E-state index contributed by atoms with van der Waals surface area (Å²) in [7, 11) is 0. The molecular weight excluding hydrogens is 268 g/mol. The highest BCUT2D eigenvalue weighted by molar-refractivity contribution is 6.33. The van der Waals surface area contributed by atoms with E-state index < -0.39 is 0 Å². The number of hydrogen-bond donors (Lipinski definition) is 1. The Labute approximate surface area is 128 Å². The first-order chi connectivity index (χ1) is 9.51. The number of benzene rings is 1. The van der Waals surface area contributed by atoms with Crippen LogP contribution >= 0.6 is 11.6 Å². The van der Waals surface area contributed by atoms with Gasteiger partial charge in [0.15, 0.2) is 0 Å². The quantitative estimate of drug-likeness (QED) is 0.893. The lowest BCUT2D eigenvalue weighted by Gasteiger charge is -2.42. The van der Waals surface area contributed by atoms with Crippen molar-refractivity contribution in [2.75, 3.05) is 18.0 Å². The van der Waals surface area contributed by atoms with E-state index in [4.69, 9.17) is 11.6 Å². The minimum Gasteiger partial charge on any atom is -0.365 e. The van der Waals surface area contributed by atoms with Crippen molar-refractivity contribution in [1.29, 1.82) is 0 Å². The van der Waals surface area contributed by atoms with Crippen LogP contribution in [0.25, 0.3) is 0 Å². The van der Waals surface area contributed by atoms with E-state index in [2.05, 4.69) is 50.0 Å². The number of nitrogens with one attached hydrogen (secondary N) is 1. The molecule has 1 saturated heterocycles. The van der Waals surface area contributed by atoms with Crippen LogP contribution in [0, 0.1) is 12.8 Å². The van der Waals surface area contributed by atoms with Gasteiger partial charge in [-0.25, -0.2) is 0 Å². The molecule has 0 amide bonds. The molecule has 0 radical (unpaired) electrons. The average Bonchev–Trinajstić information content (AvgIpc) is 2.41. The predicted molar refractivity (Wildman–Crippen MR) is 88.9 cm³/mol. The molecule has 2 atom stereocenters. The van der Waals surface area contributed by atoms with Crippen LogP contribution in [-0.4, -0.2) is 25.2 Å². The first-order valence-corrected chi connectivity index (χ1v) is 8.15. The Bertz CT molecular complexity index is 445. The highest BCUT2D eigenvalue weighted by atomic mass is 35.5. The SMILES string of the molecule is CCC1CNC(CC(C)C)CN1c1cc(C)ccc1Cl. The molecule has 0 aromatic heterocycles. The maximum absolute atomic E-state index is 6.44. The highest BCUT2D eigenvalue weighted by Crippen LogP contribution is 2.31. The Kier molecular flexibility index (Phi) is 5.34. The second-order valence-corrected chi connectivity index (χ2v) is 6.81. The summed E-state index contributed by atoms with van der Waals surface area (Å²) in [6.07, 6.45) is 2.36. The third kappa shape index (κ3) is 3.67. The Morgan fingerprint density at radius 3 is 2.80 bits per heavy atom. The van der Waals surface area contributed by atoms with Gasteiger partial charge in [0.25, 0.3) is 0 Å². The number of nitrogens with zero attached hydrogens (tertiary/aromatic N) is 1. The van der Waals surface area contributed by atoms with Crippen LogP contribution in [0.1, 0.15) is 39.2 Å². The fourth-order valence-corrected chi connectivity index (χ4v) is 3.32. The van der Waals surface area contributed by atoms with Crippen molar-refractivity contribution in [2.45, 2.75) is 52.6 Å². The average molecular weight is 295 g/mol. The lowest BCUT2D eigenvalue weighted by molar-refractivity contribution is 0.343.